The lowest BCUT2D eigenvalue weighted by atomic mass is 10.1. The molecule has 2 aromatic heterocycles. The lowest BCUT2D eigenvalue weighted by molar-refractivity contribution is 0.0919. The second-order valence-corrected chi connectivity index (χ2v) is 6.92. The standard InChI is InChI=1S/C15H16ClFN4O2S/c1-7-8-6-22-5-3-4-21(8)13-9-11(18-15(20-13)24-2)10(17)12(16)19-14(9)23-7/h7-8H,3-6H2,1-2H3/t7?,8-/m0/s1. The molecule has 0 aromatic carbocycles. The van der Waals surface area contributed by atoms with Gasteiger partial charge in [0, 0.05) is 13.2 Å². The summed E-state index contributed by atoms with van der Waals surface area (Å²) >= 11 is 7.31. The molecular formula is C15H16ClFN4O2S. The zero-order chi connectivity index (χ0) is 16.8. The van der Waals surface area contributed by atoms with Crippen LogP contribution in [-0.2, 0) is 4.74 Å². The van der Waals surface area contributed by atoms with E-state index in [1.54, 1.807) is 0 Å². The lowest BCUT2D eigenvalue weighted by Gasteiger charge is -2.31. The Bertz CT molecular complexity index is 809. The molecule has 0 radical (unpaired) electrons. The first-order valence-electron chi connectivity index (χ1n) is 7.72. The molecular weight excluding hydrogens is 355 g/mol. The minimum Gasteiger partial charge on any atom is -0.472 e. The molecule has 2 atom stereocenters. The second kappa shape index (κ2) is 6.16. The van der Waals surface area contributed by atoms with Gasteiger partial charge < -0.3 is 14.4 Å². The highest BCUT2D eigenvalue weighted by atomic mass is 35.5. The average Bonchev–Trinajstić information content (AvgIpc) is 2.88. The van der Waals surface area contributed by atoms with E-state index in [1.165, 1.54) is 11.8 Å². The summed E-state index contributed by atoms with van der Waals surface area (Å²) in [5.74, 6) is 0.275. The van der Waals surface area contributed by atoms with E-state index in [0.29, 0.717) is 29.6 Å². The minimum absolute atomic E-state index is 0.0312. The first kappa shape index (κ1) is 16.1. The Labute approximate surface area is 147 Å². The van der Waals surface area contributed by atoms with Crippen LogP contribution in [0.3, 0.4) is 0 Å². The first-order valence-corrected chi connectivity index (χ1v) is 9.32. The van der Waals surface area contributed by atoms with Crippen molar-refractivity contribution < 1.29 is 13.9 Å². The predicted molar refractivity (Wildman–Crippen MR) is 90.7 cm³/mol. The number of hydrogen-bond donors (Lipinski definition) is 0. The van der Waals surface area contributed by atoms with E-state index in [4.69, 9.17) is 21.1 Å². The second-order valence-electron chi connectivity index (χ2n) is 5.79. The lowest BCUT2D eigenvalue weighted by Crippen LogP contribution is -2.46. The molecule has 4 rings (SSSR count). The third kappa shape index (κ3) is 2.48. The molecule has 4 heterocycles. The van der Waals surface area contributed by atoms with Crippen molar-refractivity contribution in [2.45, 2.75) is 30.6 Å². The molecule has 0 amide bonds. The molecule has 1 saturated heterocycles. The number of ether oxygens (including phenoxy) is 2. The maximum atomic E-state index is 14.6. The molecule has 24 heavy (non-hydrogen) atoms. The van der Waals surface area contributed by atoms with Crippen molar-refractivity contribution in [2.24, 2.45) is 0 Å². The van der Waals surface area contributed by atoms with Crippen molar-refractivity contribution in [3.05, 3.63) is 11.0 Å². The van der Waals surface area contributed by atoms with Gasteiger partial charge in [0.15, 0.2) is 16.1 Å². The molecule has 0 bridgehead atoms. The van der Waals surface area contributed by atoms with Gasteiger partial charge in [-0.1, -0.05) is 23.4 Å². The van der Waals surface area contributed by atoms with Crippen molar-refractivity contribution in [3.8, 4) is 5.88 Å². The molecule has 9 heteroatoms. The fourth-order valence-electron chi connectivity index (χ4n) is 3.16. The molecule has 128 valence electrons. The van der Waals surface area contributed by atoms with Gasteiger partial charge in [0.2, 0.25) is 5.88 Å². The van der Waals surface area contributed by atoms with Gasteiger partial charge in [-0.25, -0.2) is 14.4 Å². The summed E-state index contributed by atoms with van der Waals surface area (Å²) in [6.45, 7) is 3.91. The van der Waals surface area contributed by atoms with E-state index >= 15 is 0 Å². The Morgan fingerprint density at radius 2 is 2.17 bits per heavy atom. The Balaban J connectivity index is 2.04. The maximum Gasteiger partial charge on any atom is 0.228 e. The Hall–Kier alpha value is -1.38. The number of fused-ring (bicyclic) bond motifs is 2. The highest BCUT2D eigenvalue weighted by Crippen LogP contribution is 2.40. The van der Waals surface area contributed by atoms with E-state index in [2.05, 4.69) is 19.9 Å². The topological polar surface area (TPSA) is 60.4 Å². The molecule has 0 aliphatic carbocycles. The number of halogens is 2. The van der Waals surface area contributed by atoms with Gasteiger partial charge >= 0.3 is 0 Å². The van der Waals surface area contributed by atoms with Crippen LogP contribution in [-0.4, -0.2) is 53.1 Å². The van der Waals surface area contributed by atoms with Crippen LogP contribution < -0.4 is 9.64 Å². The molecule has 0 N–H and O–H groups in total. The summed E-state index contributed by atoms with van der Waals surface area (Å²) in [7, 11) is 0. The molecule has 2 aromatic rings. The van der Waals surface area contributed by atoms with Crippen molar-refractivity contribution in [1.29, 1.82) is 0 Å². The van der Waals surface area contributed by atoms with Gasteiger partial charge in [0.05, 0.1) is 12.6 Å². The zero-order valence-corrected chi connectivity index (χ0v) is 14.8. The van der Waals surface area contributed by atoms with Gasteiger partial charge in [-0.3, -0.25) is 0 Å². The highest BCUT2D eigenvalue weighted by molar-refractivity contribution is 7.98. The quantitative estimate of drug-likeness (QED) is 0.434. The Morgan fingerprint density at radius 1 is 1.33 bits per heavy atom. The summed E-state index contributed by atoms with van der Waals surface area (Å²) in [6, 6.07) is -0.0312. The summed E-state index contributed by atoms with van der Waals surface area (Å²) in [5, 5.41) is 0.726. The fraction of sp³-hybridized carbons (Fsp3) is 0.533. The zero-order valence-electron chi connectivity index (χ0n) is 13.3. The summed E-state index contributed by atoms with van der Waals surface area (Å²) < 4.78 is 26.3. The molecule has 1 unspecified atom stereocenters. The van der Waals surface area contributed by atoms with Crippen molar-refractivity contribution >= 4 is 40.1 Å². The Kier molecular flexibility index (Phi) is 4.14. The number of aromatic nitrogens is 3. The first-order chi connectivity index (χ1) is 11.6. The Morgan fingerprint density at radius 3 is 2.96 bits per heavy atom. The minimum atomic E-state index is -0.643. The third-order valence-electron chi connectivity index (χ3n) is 4.34. The SMILES string of the molecule is CSc1nc2c3c(nc(Cl)c(F)c3n1)OC(C)[C@@H]1COCCCN21. The fourth-order valence-corrected chi connectivity index (χ4v) is 3.69. The number of hydrogen-bond acceptors (Lipinski definition) is 7. The van der Waals surface area contributed by atoms with Crippen molar-refractivity contribution in [1.82, 2.24) is 15.0 Å². The molecule has 2 aliphatic heterocycles. The summed E-state index contributed by atoms with van der Waals surface area (Å²) in [6.07, 6.45) is 2.52. The van der Waals surface area contributed by atoms with Crippen LogP contribution in [0.5, 0.6) is 5.88 Å². The normalized spacial score (nSPS) is 23.4. The van der Waals surface area contributed by atoms with E-state index in [9.17, 15) is 4.39 Å². The van der Waals surface area contributed by atoms with Gasteiger partial charge in [-0.2, -0.15) is 4.98 Å². The largest absolute Gasteiger partial charge is 0.472 e. The van der Waals surface area contributed by atoms with E-state index in [0.717, 1.165) is 13.0 Å². The van der Waals surface area contributed by atoms with Crippen LogP contribution in [0.2, 0.25) is 5.15 Å². The molecule has 0 spiro atoms. The third-order valence-corrected chi connectivity index (χ3v) is 5.14. The van der Waals surface area contributed by atoms with Crippen LogP contribution >= 0.6 is 23.4 Å². The summed E-state index contributed by atoms with van der Waals surface area (Å²) in [4.78, 5) is 15.2. The van der Waals surface area contributed by atoms with Gasteiger partial charge in [0.25, 0.3) is 0 Å². The van der Waals surface area contributed by atoms with Crippen LogP contribution in [0, 0.1) is 5.82 Å². The summed E-state index contributed by atoms with van der Waals surface area (Å²) in [5.41, 5.74) is 0.150. The molecule has 6 nitrogen and oxygen atoms in total. The van der Waals surface area contributed by atoms with Crippen LogP contribution in [0.1, 0.15) is 13.3 Å². The number of rotatable bonds is 1. The van der Waals surface area contributed by atoms with Crippen LogP contribution in [0.15, 0.2) is 5.16 Å². The number of nitrogens with zero attached hydrogens (tertiary/aromatic N) is 4. The number of pyridine rings is 1. The van der Waals surface area contributed by atoms with E-state index < -0.39 is 5.82 Å². The average molecular weight is 371 g/mol. The predicted octanol–water partition coefficient (Wildman–Crippen LogP) is 2.92. The van der Waals surface area contributed by atoms with Crippen LogP contribution in [0.4, 0.5) is 10.2 Å². The van der Waals surface area contributed by atoms with Crippen molar-refractivity contribution in [2.75, 3.05) is 30.9 Å². The van der Waals surface area contributed by atoms with Gasteiger partial charge in [-0.05, 0) is 19.6 Å². The molecule has 0 saturated carbocycles. The monoisotopic (exact) mass is 370 g/mol. The number of thioether (sulfide) groups is 1. The highest BCUT2D eigenvalue weighted by Gasteiger charge is 2.36. The van der Waals surface area contributed by atoms with E-state index in [-0.39, 0.29) is 28.7 Å². The van der Waals surface area contributed by atoms with Gasteiger partial charge in [0.1, 0.15) is 22.8 Å². The molecule has 1 fully saturated rings. The number of anilines is 1. The van der Waals surface area contributed by atoms with Crippen molar-refractivity contribution in [3.63, 3.8) is 0 Å². The maximum absolute atomic E-state index is 14.6. The van der Waals surface area contributed by atoms with E-state index in [1.807, 2.05) is 13.2 Å². The van der Waals surface area contributed by atoms with Crippen LogP contribution in [0.25, 0.3) is 10.9 Å². The smallest absolute Gasteiger partial charge is 0.228 e. The van der Waals surface area contributed by atoms with Gasteiger partial charge in [-0.15, -0.1) is 0 Å². The molecule has 2 aliphatic rings.